The van der Waals surface area contributed by atoms with Crippen molar-refractivity contribution < 1.29 is 35.1 Å². The number of furan rings is 1. The van der Waals surface area contributed by atoms with Crippen LogP contribution in [0.25, 0.3) is 39.2 Å². The van der Waals surface area contributed by atoms with Crippen LogP contribution in [-0.2, 0) is 33.0 Å². The van der Waals surface area contributed by atoms with Crippen LogP contribution in [0.4, 0.5) is 15.9 Å². The number of anilines is 2. The van der Waals surface area contributed by atoms with Crippen LogP contribution >= 0.6 is 11.6 Å². The highest BCUT2D eigenvalue weighted by molar-refractivity contribution is 7.90. The molecule has 17 heteroatoms. The van der Waals surface area contributed by atoms with Gasteiger partial charge in [0, 0.05) is 41.3 Å². The standard InChI is InChI=1S/C29H26ClFN4O4S.C19H20N2O3S/c1-40(36,37)12-11-32-16-23-7-10-27(39-23)20-5-8-26-24(14-20)29(34-18-33-26)35-22-6-9-28(25(30)15-22)38-17-19-3-2-4-21(31)13-19;1-3-24-17-8-4-15(5-9-17)19-12-14(2)13-21(19)16-6-10-18(11-7-16)25(20,22)23/h2-10,13-15,18,32H,11-12,16-17H2,1H3,(H,33,34,35);4-13H,3H2,1-2H3,(H2,20,22,23). The fraction of sp³-hybridized carbons (Fsp3) is 0.167. The Morgan fingerprint density at radius 2 is 1.62 bits per heavy atom. The number of aromatic nitrogens is 3. The molecule has 5 aromatic carbocycles. The van der Waals surface area contributed by atoms with E-state index in [-0.39, 0.29) is 23.1 Å². The van der Waals surface area contributed by atoms with Crippen LogP contribution in [0.3, 0.4) is 0 Å². The lowest BCUT2D eigenvalue weighted by atomic mass is 10.1. The van der Waals surface area contributed by atoms with Crippen molar-refractivity contribution >= 4 is 53.9 Å². The summed E-state index contributed by atoms with van der Waals surface area (Å²) in [6, 6.07) is 37.5. The molecule has 0 aliphatic heterocycles. The highest BCUT2D eigenvalue weighted by Gasteiger charge is 2.14. The van der Waals surface area contributed by atoms with Crippen LogP contribution in [0, 0.1) is 12.7 Å². The summed E-state index contributed by atoms with van der Waals surface area (Å²) in [5.41, 5.74) is 7.03. The fourth-order valence-electron chi connectivity index (χ4n) is 6.74. The molecular formula is C48H46ClFN6O7S2. The van der Waals surface area contributed by atoms with Gasteiger partial charge in [-0.25, -0.2) is 36.3 Å². The highest BCUT2D eigenvalue weighted by atomic mass is 35.5. The van der Waals surface area contributed by atoms with Gasteiger partial charge in [0.15, 0.2) is 0 Å². The molecule has 0 saturated carbocycles. The van der Waals surface area contributed by atoms with E-state index in [2.05, 4.69) is 26.7 Å². The van der Waals surface area contributed by atoms with Crippen LogP contribution in [0.15, 0.2) is 149 Å². The van der Waals surface area contributed by atoms with Gasteiger partial charge in [0.1, 0.15) is 57.4 Å². The summed E-state index contributed by atoms with van der Waals surface area (Å²) in [7, 11) is -6.71. The van der Waals surface area contributed by atoms with Crippen molar-refractivity contribution in [3.8, 4) is 39.8 Å². The summed E-state index contributed by atoms with van der Waals surface area (Å²) in [6.45, 7) is 5.56. The number of fused-ring (bicyclic) bond motifs is 1. The molecule has 0 saturated heterocycles. The Bertz CT molecular complexity index is 3140. The Hall–Kier alpha value is -6.56. The molecule has 13 nitrogen and oxygen atoms in total. The normalized spacial score (nSPS) is 11.5. The smallest absolute Gasteiger partial charge is 0.238 e. The summed E-state index contributed by atoms with van der Waals surface area (Å²) < 4.78 is 78.1. The maximum absolute atomic E-state index is 13.4. The number of sulfonamides is 1. The Balaban J connectivity index is 0.000000216. The van der Waals surface area contributed by atoms with Crippen LogP contribution < -0.4 is 25.2 Å². The molecule has 336 valence electrons. The lowest BCUT2D eigenvalue weighted by Crippen LogP contribution is -2.21. The highest BCUT2D eigenvalue weighted by Crippen LogP contribution is 2.33. The molecule has 65 heavy (non-hydrogen) atoms. The van der Waals surface area contributed by atoms with Gasteiger partial charge in [-0.15, -0.1) is 0 Å². The van der Waals surface area contributed by atoms with Crippen LogP contribution in [0.1, 0.15) is 23.8 Å². The molecule has 0 aliphatic rings. The van der Waals surface area contributed by atoms with E-state index in [1.807, 2.05) is 85.3 Å². The first-order chi connectivity index (χ1) is 31.1. The van der Waals surface area contributed by atoms with Crippen molar-refractivity contribution in [3.63, 3.8) is 0 Å². The largest absolute Gasteiger partial charge is 0.494 e. The van der Waals surface area contributed by atoms with Gasteiger partial charge < -0.3 is 29.1 Å². The van der Waals surface area contributed by atoms with Crippen LogP contribution in [-0.4, -0.2) is 56.5 Å². The molecular weight excluding hydrogens is 891 g/mol. The van der Waals surface area contributed by atoms with E-state index in [1.165, 1.54) is 36.8 Å². The first kappa shape index (κ1) is 46.4. The maximum atomic E-state index is 13.4. The topological polar surface area (TPSA) is 181 Å². The van der Waals surface area contributed by atoms with Crippen molar-refractivity contribution in [2.75, 3.05) is 30.5 Å². The second kappa shape index (κ2) is 20.5. The zero-order chi connectivity index (χ0) is 46.1. The molecule has 8 aromatic rings. The Labute approximate surface area is 382 Å². The molecule has 3 heterocycles. The molecule has 0 aliphatic carbocycles. The van der Waals surface area contributed by atoms with Crippen molar-refractivity contribution in [1.29, 1.82) is 0 Å². The molecule has 0 bridgehead atoms. The number of sulfone groups is 1. The van der Waals surface area contributed by atoms with Gasteiger partial charge in [0.25, 0.3) is 0 Å². The summed E-state index contributed by atoms with van der Waals surface area (Å²) in [6.07, 6.45) is 4.70. The molecule has 0 fully saturated rings. The van der Waals surface area contributed by atoms with Crippen LogP contribution in [0.5, 0.6) is 11.5 Å². The number of nitrogens with one attached hydrogen (secondary N) is 2. The van der Waals surface area contributed by atoms with E-state index >= 15 is 0 Å². The number of hydrogen-bond donors (Lipinski definition) is 3. The van der Waals surface area contributed by atoms with Gasteiger partial charge in [-0.1, -0.05) is 23.7 Å². The van der Waals surface area contributed by atoms with Crippen molar-refractivity contribution in [2.45, 2.75) is 31.9 Å². The summed E-state index contributed by atoms with van der Waals surface area (Å²) in [5, 5.41) is 12.7. The lowest BCUT2D eigenvalue weighted by molar-refractivity contribution is 0.306. The molecule has 3 aromatic heterocycles. The average molecular weight is 938 g/mol. The van der Waals surface area contributed by atoms with E-state index in [0.717, 1.165) is 44.7 Å². The predicted octanol–water partition coefficient (Wildman–Crippen LogP) is 9.64. The second-order valence-electron chi connectivity index (χ2n) is 15.0. The van der Waals surface area contributed by atoms with Crippen LogP contribution in [0.2, 0.25) is 5.02 Å². The van der Waals surface area contributed by atoms with Crippen molar-refractivity contribution in [3.05, 3.63) is 168 Å². The van der Waals surface area contributed by atoms with Crippen molar-refractivity contribution in [1.82, 2.24) is 19.9 Å². The van der Waals surface area contributed by atoms with Gasteiger partial charge in [-0.2, -0.15) is 0 Å². The molecule has 0 unspecified atom stereocenters. The number of aryl methyl sites for hydroxylation is 1. The maximum Gasteiger partial charge on any atom is 0.238 e. The third kappa shape index (κ3) is 12.6. The number of benzene rings is 5. The quantitative estimate of drug-likeness (QED) is 0.0785. The third-order valence-corrected chi connectivity index (χ3v) is 12.0. The Kier molecular flexibility index (Phi) is 14.7. The molecule has 0 amide bonds. The van der Waals surface area contributed by atoms with E-state index in [9.17, 15) is 21.2 Å². The van der Waals surface area contributed by atoms with Gasteiger partial charge in [0.2, 0.25) is 10.0 Å². The zero-order valence-corrected chi connectivity index (χ0v) is 38.1. The zero-order valence-electron chi connectivity index (χ0n) is 35.7. The van der Waals surface area contributed by atoms with E-state index < -0.39 is 19.9 Å². The number of rotatable bonds is 16. The summed E-state index contributed by atoms with van der Waals surface area (Å²) in [4.78, 5) is 8.90. The number of primary sulfonamides is 1. The Morgan fingerprint density at radius 3 is 2.32 bits per heavy atom. The molecule has 4 N–H and O–H groups in total. The third-order valence-electron chi connectivity index (χ3n) is 9.87. The number of hydrogen-bond acceptors (Lipinski definition) is 11. The fourth-order valence-corrected chi connectivity index (χ4v) is 8.01. The second-order valence-corrected chi connectivity index (χ2v) is 19.2. The molecule has 0 radical (unpaired) electrons. The van der Waals surface area contributed by atoms with Gasteiger partial charge >= 0.3 is 0 Å². The average Bonchev–Trinajstić information content (AvgIpc) is 3.92. The summed E-state index contributed by atoms with van der Waals surface area (Å²) >= 11 is 6.47. The monoisotopic (exact) mass is 936 g/mol. The molecule has 0 spiro atoms. The van der Waals surface area contributed by atoms with E-state index in [1.54, 1.807) is 36.4 Å². The minimum atomic E-state index is -3.69. The number of ether oxygens (including phenoxy) is 2. The number of nitrogens with two attached hydrogens (primary N) is 1. The summed E-state index contributed by atoms with van der Waals surface area (Å²) in [5.74, 6) is 3.00. The van der Waals surface area contributed by atoms with Gasteiger partial charge in [-0.05, 0) is 146 Å². The molecule has 8 rings (SSSR count). The lowest BCUT2D eigenvalue weighted by Gasteiger charge is -2.12. The number of nitrogens with zero attached hydrogens (tertiary/aromatic N) is 3. The first-order valence-electron chi connectivity index (χ1n) is 20.3. The first-order valence-corrected chi connectivity index (χ1v) is 24.3. The SMILES string of the molecule is CCOc1ccc(-c2cc(C)cn2-c2ccc(S(N)(=O)=O)cc2)cc1.CS(=O)(=O)CCNCc1ccc(-c2ccc3ncnc(Nc4ccc(OCc5cccc(F)c5)c(Cl)c4)c3c2)o1. The van der Waals surface area contributed by atoms with Gasteiger partial charge in [-0.3, -0.25) is 0 Å². The van der Waals surface area contributed by atoms with Gasteiger partial charge in [0.05, 0.1) is 40.0 Å². The number of halogens is 2. The van der Waals surface area contributed by atoms with E-state index in [0.29, 0.717) is 59.1 Å². The minimum Gasteiger partial charge on any atom is -0.494 e. The Morgan fingerprint density at radius 1 is 0.846 bits per heavy atom. The van der Waals surface area contributed by atoms with E-state index in [4.69, 9.17) is 30.6 Å². The molecule has 0 atom stereocenters. The van der Waals surface area contributed by atoms with Crippen molar-refractivity contribution in [2.24, 2.45) is 5.14 Å². The predicted molar refractivity (Wildman–Crippen MR) is 253 cm³/mol. The minimum absolute atomic E-state index is 0.0664.